The Kier molecular flexibility index (Phi) is 5.38. The van der Waals surface area contributed by atoms with Crippen LogP contribution < -0.4 is 5.32 Å². The van der Waals surface area contributed by atoms with E-state index in [2.05, 4.69) is 16.4 Å². The zero-order valence-electron chi connectivity index (χ0n) is 14.0. The van der Waals surface area contributed by atoms with Crippen molar-refractivity contribution < 1.29 is 8.42 Å². The van der Waals surface area contributed by atoms with Gasteiger partial charge in [-0.1, -0.05) is 19.9 Å². The second-order valence-corrected chi connectivity index (χ2v) is 7.41. The third kappa shape index (κ3) is 4.09. The van der Waals surface area contributed by atoms with E-state index >= 15 is 0 Å². The summed E-state index contributed by atoms with van der Waals surface area (Å²) < 4.78 is 26.3. The number of hydrogen-bond acceptors (Lipinski definition) is 4. The summed E-state index contributed by atoms with van der Waals surface area (Å²) in [7, 11) is -3.46. The zero-order valence-corrected chi connectivity index (χ0v) is 14.8. The molecule has 0 atom stereocenters. The highest BCUT2D eigenvalue weighted by Crippen LogP contribution is 2.20. The van der Waals surface area contributed by atoms with Crippen LogP contribution in [0.25, 0.3) is 0 Å². The van der Waals surface area contributed by atoms with Crippen LogP contribution in [-0.2, 0) is 10.0 Å². The number of aryl methyl sites for hydroxylation is 2. The molecule has 5 nitrogen and oxygen atoms in total. The van der Waals surface area contributed by atoms with Crippen molar-refractivity contribution >= 4 is 21.5 Å². The minimum absolute atomic E-state index is 0.215. The molecule has 1 aromatic carbocycles. The second kappa shape index (κ2) is 7.10. The number of aromatic nitrogens is 1. The molecule has 1 N–H and O–H groups in total. The SMILES string of the molecule is CCN(CC)S(=O)(=O)c1ccc(Nc2cc(C)cc(C)c2)nc1. The summed E-state index contributed by atoms with van der Waals surface area (Å²) in [4.78, 5) is 4.45. The van der Waals surface area contributed by atoms with E-state index in [1.807, 2.05) is 39.8 Å². The highest BCUT2D eigenvalue weighted by Gasteiger charge is 2.21. The Bertz CT molecular complexity index is 747. The van der Waals surface area contributed by atoms with Gasteiger partial charge in [0.15, 0.2) is 0 Å². The molecule has 1 heterocycles. The van der Waals surface area contributed by atoms with Crippen LogP contribution in [0.15, 0.2) is 41.4 Å². The minimum atomic E-state index is -3.46. The summed E-state index contributed by atoms with van der Waals surface area (Å²) >= 11 is 0. The molecule has 0 aliphatic rings. The maximum Gasteiger partial charge on any atom is 0.244 e. The van der Waals surface area contributed by atoms with E-state index in [1.54, 1.807) is 12.1 Å². The first-order valence-electron chi connectivity index (χ1n) is 7.68. The molecule has 0 fully saturated rings. The van der Waals surface area contributed by atoms with Crippen LogP contribution in [0.1, 0.15) is 25.0 Å². The predicted octanol–water partition coefficient (Wildman–Crippen LogP) is 3.47. The van der Waals surface area contributed by atoms with Gasteiger partial charge < -0.3 is 5.32 Å². The molecule has 0 aliphatic carbocycles. The van der Waals surface area contributed by atoms with Gasteiger partial charge in [-0.3, -0.25) is 0 Å². The Morgan fingerprint density at radius 2 is 1.65 bits per heavy atom. The summed E-state index contributed by atoms with van der Waals surface area (Å²) in [5.74, 6) is 0.619. The first-order chi connectivity index (χ1) is 10.9. The monoisotopic (exact) mass is 333 g/mol. The van der Waals surface area contributed by atoms with E-state index in [0.29, 0.717) is 18.9 Å². The topological polar surface area (TPSA) is 62.3 Å². The lowest BCUT2D eigenvalue weighted by Crippen LogP contribution is -2.30. The second-order valence-electron chi connectivity index (χ2n) is 5.47. The molecule has 124 valence electrons. The summed E-state index contributed by atoms with van der Waals surface area (Å²) in [5, 5.41) is 3.20. The van der Waals surface area contributed by atoms with Crippen molar-refractivity contribution in [3.63, 3.8) is 0 Å². The third-order valence-electron chi connectivity index (χ3n) is 3.57. The quantitative estimate of drug-likeness (QED) is 0.879. The molecule has 1 aromatic heterocycles. The Labute approximate surface area is 138 Å². The number of hydrogen-bond donors (Lipinski definition) is 1. The van der Waals surface area contributed by atoms with Crippen molar-refractivity contribution in [2.45, 2.75) is 32.6 Å². The molecular weight excluding hydrogens is 310 g/mol. The highest BCUT2D eigenvalue weighted by molar-refractivity contribution is 7.89. The Hall–Kier alpha value is -1.92. The van der Waals surface area contributed by atoms with Crippen molar-refractivity contribution in [3.05, 3.63) is 47.7 Å². The van der Waals surface area contributed by atoms with Gasteiger partial charge in [0.25, 0.3) is 0 Å². The number of anilines is 2. The van der Waals surface area contributed by atoms with Crippen molar-refractivity contribution in [3.8, 4) is 0 Å². The molecule has 0 unspecified atom stereocenters. The van der Waals surface area contributed by atoms with Gasteiger partial charge in [-0.25, -0.2) is 13.4 Å². The van der Waals surface area contributed by atoms with Crippen LogP contribution in [0.5, 0.6) is 0 Å². The van der Waals surface area contributed by atoms with Gasteiger partial charge in [-0.05, 0) is 49.2 Å². The first kappa shape index (κ1) is 17.4. The molecular formula is C17H23N3O2S. The number of pyridine rings is 1. The summed E-state index contributed by atoms with van der Waals surface area (Å²) in [6.45, 7) is 8.61. The van der Waals surface area contributed by atoms with E-state index in [1.165, 1.54) is 10.5 Å². The average molecular weight is 333 g/mol. The van der Waals surface area contributed by atoms with Crippen molar-refractivity contribution in [2.24, 2.45) is 0 Å². The molecule has 23 heavy (non-hydrogen) atoms. The van der Waals surface area contributed by atoms with E-state index < -0.39 is 10.0 Å². The van der Waals surface area contributed by atoms with Crippen LogP contribution in [0.4, 0.5) is 11.5 Å². The van der Waals surface area contributed by atoms with E-state index in [4.69, 9.17) is 0 Å². The smallest absolute Gasteiger partial charge is 0.244 e. The van der Waals surface area contributed by atoms with Gasteiger partial charge in [-0.15, -0.1) is 0 Å². The molecule has 2 aromatic rings. The molecule has 0 spiro atoms. The molecule has 6 heteroatoms. The van der Waals surface area contributed by atoms with Crippen LogP contribution in [0.3, 0.4) is 0 Å². The summed E-state index contributed by atoms with van der Waals surface area (Å²) in [6, 6.07) is 9.42. The number of rotatable bonds is 6. The lowest BCUT2D eigenvalue weighted by atomic mass is 10.1. The maximum absolute atomic E-state index is 12.4. The molecule has 0 aliphatic heterocycles. The number of benzene rings is 1. The Morgan fingerprint density at radius 1 is 1.04 bits per heavy atom. The lowest BCUT2D eigenvalue weighted by Gasteiger charge is -2.18. The predicted molar refractivity (Wildman–Crippen MR) is 93.5 cm³/mol. The van der Waals surface area contributed by atoms with E-state index in [-0.39, 0.29) is 4.90 Å². The van der Waals surface area contributed by atoms with E-state index in [9.17, 15) is 8.42 Å². The van der Waals surface area contributed by atoms with Gasteiger partial charge in [0.2, 0.25) is 10.0 Å². The van der Waals surface area contributed by atoms with Gasteiger partial charge in [0, 0.05) is 25.0 Å². The Morgan fingerprint density at radius 3 is 2.13 bits per heavy atom. The molecule has 0 amide bonds. The van der Waals surface area contributed by atoms with Gasteiger partial charge in [-0.2, -0.15) is 4.31 Å². The standard InChI is InChI=1S/C17H23N3O2S/c1-5-20(6-2)23(21,22)16-7-8-17(18-12-16)19-15-10-13(3)9-14(4)11-15/h7-12H,5-6H2,1-4H3,(H,18,19). The number of nitrogens with one attached hydrogen (secondary N) is 1. The molecule has 0 saturated heterocycles. The maximum atomic E-state index is 12.4. The summed E-state index contributed by atoms with van der Waals surface area (Å²) in [5.41, 5.74) is 3.26. The third-order valence-corrected chi connectivity index (χ3v) is 5.61. The summed E-state index contributed by atoms with van der Waals surface area (Å²) in [6.07, 6.45) is 1.40. The normalized spacial score (nSPS) is 11.7. The van der Waals surface area contributed by atoms with Crippen LogP contribution in [0.2, 0.25) is 0 Å². The number of nitrogens with zero attached hydrogens (tertiary/aromatic N) is 2. The molecule has 0 bridgehead atoms. The largest absolute Gasteiger partial charge is 0.340 e. The van der Waals surface area contributed by atoms with Crippen LogP contribution in [0, 0.1) is 13.8 Å². The fourth-order valence-corrected chi connectivity index (χ4v) is 3.92. The van der Waals surface area contributed by atoms with Crippen molar-refractivity contribution in [1.29, 1.82) is 0 Å². The molecule has 2 rings (SSSR count). The average Bonchev–Trinajstić information content (AvgIpc) is 2.47. The first-order valence-corrected chi connectivity index (χ1v) is 9.12. The van der Waals surface area contributed by atoms with Crippen LogP contribution in [-0.4, -0.2) is 30.8 Å². The van der Waals surface area contributed by atoms with Crippen molar-refractivity contribution in [2.75, 3.05) is 18.4 Å². The fourth-order valence-electron chi connectivity index (χ4n) is 2.51. The molecule has 0 radical (unpaired) electrons. The Balaban J connectivity index is 2.22. The van der Waals surface area contributed by atoms with Gasteiger partial charge in [0.1, 0.15) is 10.7 Å². The number of sulfonamides is 1. The van der Waals surface area contributed by atoms with Gasteiger partial charge in [0.05, 0.1) is 0 Å². The zero-order chi connectivity index (χ0) is 17.0. The van der Waals surface area contributed by atoms with Crippen molar-refractivity contribution in [1.82, 2.24) is 9.29 Å². The fraction of sp³-hybridized carbons (Fsp3) is 0.353. The van der Waals surface area contributed by atoms with Crippen LogP contribution >= 0.6 is 0 Å². The van der Waals surface area contributed by atoms with E-state index in [0.717, 1.165) is 16.8 Å². The lowest BCUT2D eigenvalue weighted by molar-refractivity contribution is 0.445. The minimum Gasteiger partial charge on any atom is -0.340 e. The van der Waals surface area contributed by atoms with Gasteiger partial charge >= 0.3 is 0 Å². The molecule has 0 saturated carbocycles. The highest BCUT2D eigenvalue weighted by atomic mass is 32.2.